The SMILES string of the molecule is CC(C)CCNC(=S)NNC(=O)c1ccc(-c2cc(Cl)ccc2Cl)o1. The van der Waals surface area contributed by atoms with E-state index in [0.717, 1.165) is 13.0 Å². The van der Waals surface area contributed by atoms with Crippen molar-refractivity contribution in [2.24, 2.45) is 5.92 Å². The monoisotopic (exact) mass is 399 g/mol. The summed E-state index contributed by atoms with van der Waals surface area (Å²) >= 11 is 17.2. The van der Waals surface area contributed by atoms with Gasteiger partial charge in [-0.2, -0.15) is 0 Å². The molecular weight excluding hydrogens is 381 g/mol. The molecule has 0 saturated heterocycles. The maximum absolute atomic E-state index is 12.1. The second-order valence-corrected chi connectivity index (χ2v) is 7.06. The van der Waals surface area contributed by atoms with E-state index < -0.39 is 5.91 Å². The molecule has 0 aliphatic heterocycles. The molecule has 0 atom stereocenters. The van der Waals surface area contributed by atoms with Crippen LogP contribution in [-0.4, -0.2) is 17.6 Å². The lowest BCUT2D eigenvalue weighted by Gasteiger charge is -2.11. The lowest BCUT2D eigenvalue weighted by Crippen LogP contribution is -2.47. The van der Waals surface area contributed by atoms with Crippen LogP contribution in [0.3, 0.4) is 0 Å². The van der Waals surface area contributed by atoms with Crippen LogP contribution < -0.4 is 16.2 Å². The van der Waals surface area contributed by atoms with Gasteiger partial charge < -0.3 is 9.73 Å². The molecule has 1 heterocycles. The van der Waals surface area contributed by atoms with Crippen molar-refractivity contribution in [3.63, 3.8) is 0 Å². The van der Waals surface area contributed by atoms with Gasteiger partial charge in [-0.3, -0.25) is 15.6 Å². The number of nitrogens with one attached hydrogen (secondary N) is 3. The number of hydrazine groups is 1. The first kappa shape index (κ1) is 19.6. The number of thiocarbonyl (C=S) groups is 1. The first-order valence-corrected chi connectivity index (χ1v) is 8.92. The first-order valence-electron chi connectivity index (χ1n) is 7.76. The van der Waals surface area contributed by atoms with Gasteiger partial charge in [-0.05, 0) is 54.9 Å². The fourth-order valence-corrected chi connectivity index (χ4v) is 2.52. The Hall–Kier alpha value is -1.76. The van der Waals surface area contributed by atoms with E-state index in [1.54, 1.807) is 30.3 Å². The molecule has 0 radical (unpaired) electrons. The predicted octanol–water partition coefficient (Wildman–Crippen LogP) is 4.41. The van der Waals surface area contributed by atoms with Gasteiger partial charge in [-0.1, -0.05) is 37.0 Å². The summed E-state index contributed by atoms with van der Waals surface area (Å²) in [5.41, 5.74) is 5.74. The van der Waals surface area contributed by atoms with Crippen molar-refractivity contribution in [1.29, 1.82) is 0 Å². The average molecular weight is 400 g/mol. The third-order valence-electron chi connectivity index (χ3n) is 3.32. The summed E-state index contributed by atoms with van der Waals surface area (Å²) < 4.78 is 5.55. The summed E-state index contributed by atoms with van der Waals surface area (Å²) in [7, 11) is 0. The highest BCUT2D eigenvalue weighted by atomic mass is 35.5. The minimum atomic E-state index is -0.447. The minimum absolute atomic E-state index is 0.128. The summed E-state index contributed by atoms with van der Waals surface area (Å²) in [6, 6.07) is 8.24. The summed E-state index contributed by atoms with van der Waals surface area (Å²) in [5.74, 6) is 0.709. The maximum atomic E-state index is 12.1. The van der Waals surface area contributed by atoms with Gasteiger partial charge in [0.05, 0.1) is 5.02 Å². The van der Waals surface area contributed by atoms with Crippen molar-refractivity contribution in [3.8, 4) is 11.3 Å². The number of carbonyl (C=O) groups is 1. The normalized spacial score (nSPS) is 10.6. The van der Waals surface area contributed by atoms with E-state index in [4.69, 9.17) is 39.8 Å². The van der Waals surface area contributed by atoms with Gasteiger partial charge in [-0.25, -0.2) is 0 Å². The molecule has 3 N–H and O–H groups in total. The summed E-state index contributed by atoms with van der Waals surface area (Å²) in [5, 5.41) is 4.37. The predicted molar refractivity (Wildman–Crippen MR) is 105 cm³/mol. The highest BCUT2D eigenvalue weighted by Gasteiger charge is 2.14. The van der Waals surface area contributed by atoms with Crippen molar-refractivity contribution in [2.45, 2.75) is 20.3 Å². The molecule has 0 saturated carbocycles. The molecule has 1 amide bonds. The molecule has 5 nitrogen and oxygen atoms in total. The first-order chi connectivity index (χ1) is 11.9. The number of benzene rings is 1. The van der Waals surface area contributed by atoms with Crippen molar-refractivity contribution < 1.29 is 9.21 Å². The molecule has 1 aromatic heterocycles. The maximum Gasteiger partial charge on any atom is 0.305 e. The Morgan fingerprint density at radius 3 is 2.68 bits per heavy atom. The summed E-state index contributed by atoms with van der Waals surface area (Å²) in [6.45, 7) is 4.98. The molecule has 0 aliphatic carbocycles. The molecule has 8 heteroatoms. The molecule has 0 unspecified atom stereocenters. The minimum Gasteiger partial charge on any atom is -0.451 e. The number of carbonyl (C=O) groups excluding carboxylic acids is 1. The van der Waals surface area contributed by atoms with Crippen LogP contribution in [0.1, 0.15) is 30.8 Å². The Labute approximate surface area is 162 Å². The molecule has 0 aliphatic rings. The van der Waals surface area contributed by atoms with Crippen molar-refractivity contribution in [1.82, 2.24) is 16.2 Å². The molecule has 2 rings (SSSR count). The van der Waals surface area contributed by atoms with Crippen LogP contribution >= 0.6 is 35.4 Å². The van der Waals surface area contributed by atoms with Crippen molar-refractivity contribution in [3.05, 3.63) is 46.1 Å². The van der Waals surface area contributed by atoms with Gasteiger partial charge in [0.25, 0.3) is 0 Å². The van der Waals surface area contributed by atoms with Gasteiger partial charge in [0, 0.05) is 17.1 Å². The van der Waals surface area contributed by atoms with Crippen molar-refractivity contribution in [2.75, 3.05) is 6.54 Å². The highest BCUT2D eigenvalue weighted by molar-refractivity contribution is 7.80. The fraction of sp³-hybridized carbons (Fsp3) is 0.294. The Bertz CT molecular complexity index is 762. The van der Waals surface area contributed by atoms with Crippen LogP contribution in [0.5, 0.6) is 0 Å². The molecule has 1 aromatic carbocycles. The van der Waals surface area contributed by atoms with E-state index in [1.165, 1.54) is 0 Å². The van der Waals surface area contributed by atoms with Gasteiger partial charge >= 0.3 is 5.91 Å². The number of hydrogen-bond donors (Lipinski definition) is 3. The van der Waals surface area contributed by atoms with Crippen LogP contribution in [0.15, 0.2) is 34.7 Å². The molecule has 134 valence electrons. The quantitative estimate of drug-likeness (QED) is 0.513. The zero-order valence-electron chi connectivity index (χ0n) is 13.9. The zero-order valence-corrected chi connectivity index (χ0v) is 16.2. The molecule has 0 spiro atoms. The van der Waals surface area contributed by atoms with E-state index in [2.05, 4.69) is 30.0 Å². The van der Waals surface area contributed by atoms with E-state index >= 15 is 0 Å². The Morgan fingerprint density at radius 2 is 1.96 bits per heavy atom. The second kappa shape index (κ2) is 9.08. The van der Waals surface area contributed by atoms with Crippen LogP contribution in [-0.2, 0) is 0 Å². The number of hydrogen-bond acceptors (Lipinski definition) is 3. The molecule has 0 fully saturated rings. The van der Waals surface area contributed by atoms with Crippen LogP contribution in [0.4, 0.5) is 0 Å². The standard InChI is InChI=1S/C17H19Cl2N3O2S/c1-10(2)7-8-20-17(25)22-21-16(23)15-6-5-14(24-15)12-9-11(18)3-4-13(12)19/h3-6,9-10H,7-8H2,1-2H3,(H,21,23)(H2,20,22,25). The topological polar surface area (TPSA) is 66.3 Å². The molecule has 25 heavy (non-hydrogen) atoms. The van der Waals surface area contributed by atoms with Crippen molar-refractivity contribution >= 4 is 46.4 Å². The van der Waals surface area contributed by atoms with E-state index in [-0.39, 0.29) is 5.76 Å². The molecular formula is C17H19Cl2N3O2S. The third kappa shape index (κ3) is 5.92. The number of furan rings is 1. The zero-order chi connectivity index (χ0) is 18.4. The van der Waals surface area contributed by atoms with Gasteiger partial charge in [0.15, 0.2) is 10.9 Å². The number of rotatable bonds is 5. The Kier molecular flexibility index (Phi) is 7.11. The largest absolute Gasteiger partial charge is 0.451 e. The summed E-state index contributed by atoms with van der Waals surface area (Å²) in [6.07, 6.45) is 0.984. The number of halogens is 2. The fourth-order valence-electron chi connectivity index (χ4n) is 1.98. The van der Waals surface area contributed by atoms with Crippen LogP contribution in [0.25, 0.3) is 11.3 Å². The van der Waals surface area contributed by atoms with Gasteiger partial charge in [-0.15, -0.1) is 0 Å². The third-order valence-corrected chi connectivity index (χ3v) is 4.13. The lowest BCUT2D eigenvalue weighted by atomic mass is 10.1. The molecule has 0 bridgehead atoms. The van der Waals surface area contributed by atoms with E-state index in [0.29, 0.717) is 32.4 Å². The van der Waals surface area contributed by atoms with Crippen LogP contribution in [0, 0.1) is 5.92 Å². The molecule has 2 aromatic rings. The van der Waals surface area contributed by atoms with Gasteiger partial charge in [0.1, 0.15) is 5.76 Å². The Morgan fingerprint density at radius 1 is 1.20 bits per heavy atom. The second-order valence-electron chi connectivity index (χ2n) is 5.81. The van der Waals surface area contributed by atoms with E-state index in [9.17, 15) is 4.79 Å². The Balaban J connectivity index is 1.92. The van der Waals surface area contributed by atoms with E-state index in [1.807, 2.05) is 0 Å². The highest BCUT2D eigenvalue weighted by Crippen LogP contribution is 2.31. The van der Waals surface area contributed by atoms with Crippen LogP contribution in [0.2, 0.25) is 10.0 Å². The smallest absolute Gasteiger partial charge is 0.305 e. The average Bonchev–Trinajstić information content (AvgIpc) is 3.04. The van der Waals surface area contributed by atoms with Gasteiger partial charge in [0.2, 0.25) is 0 Å². The summed E-state index contributed by atoms with van der Waals surface area (Å²) in [4.78, 5) is 12.1. The lowest BCUT2D eigenvalue weighted by molar-refractivity contribution is 0.0916. The number of amides is 1.